The monoisotopic (exact) mass is 426 g/mol. The molecule has 2 unspecified atom stereocenters. The van der Waals surface area contributed by atoms with Gasteiger partial charge in [0.25, 0.3) is 0 Å². The minimum absolute atomic E-state index is 0.140. The molecule has 2 aromatic heterocycles. The zero-order valence-electron chi connectivity index (χ0n) is 19.9. The minimum Gasteiger partial charge on any atom is -0.377 e. The maximum atomic E-state index is 6.12. The van der Waals surface area contributed by atoms with Crippen molar-refractivity contribution in [3.05, 3.63) is 41.3 Å². The molecule has 3 heterocycles. The first kappa shape index (κ1) is 23.3. The first-order valence-electron chi connectivity index (χ1n) is 11.4. The molecule has 170 valence electrons. The Kier molecular flexibility index (Phi) is 7.70. The van der Waals surface area contributed by atoms with Crippen LogP contribution in [0, 0.1) is 25.2 Å². The van der Waals surface area contributed by atoms with Crippen LogP contribution >= 0.6 is 0 Å². The van der Waals surface area contributed by atoms with Gasteiger partial charge in [0.1, 0.15) is 0 Å². The van der Waals surface area contributed by atoms with Gasteiger partial charge >= 0.3 is 0 Å². The highest BCUT2D eigenvalue weighted by atomic mass is 16.5. The van der Waals surface area contributed by atoms with E-state index in [1.54, 1.807) is 0 Å². The smallest absolute Gasteiger partial charge is 0.191 e. The Labute approximate surface area is 186 Å². The van der Waals surface area contributed by atoms with Gasteiger partial charge in [0, 0.05) is 37.5 Å². The molecule has 0 radical (unpaired) electrons. The molecule has 1 saturated heterocycles. The zero-order valence-corrected chi connectivity index (χ0v) is 19.9. The van der Waals surface area contributed by atoms with E-state index in [-0.39, 0.29) is 11.5 Å². The molecular formula is C24H38N6O. The molecule has 1 fully saturated rings. The van der Waals surface area contributed by atoms with Gasteiger partial charge in [0.2, 0.25) is 0 Å². The summed E-state index contributed by atoms with van der Waals surface area (Å²) in [6.45, 7) is 16.0. The van der Waals surface area contributed by atoms with Crippen molar-refractivity contribution in [3.8, 4) is 5.82 Å². The van der Waals surface area contributed by atoms with E-state index in [0.29, 0.717) is 12.5 Å². The van der Waals surface area contributed by atoms with Crippen LogP contribution in [0.3, 0.4) is 0 Å². The molecule has 7 heteroatoms. The first-order valence-corrected chi connectivity index (χ1v) is 11.4. The van der Waals surface area contributed by atoms with Gasteiger partial charge in [-0.05, 0) is 56.7 Å². The third kappa shape index (κ3) is 6.29. The molecule has 2 N–H and O–H groups in total. The minimum atomic E-state index is 0.140. The number of pyridine rings is 1. The van der Waals surface area contributed by atoms with Crippen LogP contribution in [0.15, 0.2) is 29.4 Å². The summed E-state index contributed by atoms with van der Waals surface area (Å²) in [6, 6.07) is 6.12. The second-order valence-corrected chi connectivity index (χ2v) is 9.50. The van der Waals surface area contributed by atoms with Crippen molar-refractivity contribution in [3.63, 3.8) is 0 Å². The van der Waals surface area contributed by atoms with E-state index in [1.165, 1.54) is 6.42 Å². The highest BCUT2D eigenvalue weighted by molar-refractivity contribution is 5.79. The second kappa shape index (κ2) is 10.3. The van der Waals surface area contributed by atoms with Crippen molar-refractivity contribution in [2.45, 2.75) is 67.0 Å². The summed E-state index contributed by atoms with van der Waals surface area (Å²) in [5.74, 6) is 2.15. The lowest BCUT2D eigenvalue weighted by molar-refractivity contribution is -0.0835. The van der Waals surface area contributed by atoms with Crippen molar-refractivity contribution < 1.29 is 4.74 Å². The van der Waals surface area contributed by atoms with Gasteiger partial charge in [-0.25, -0.2) is 14.7 Å². The zero-order chi connectivity index (χ0) is 22.4. The predicted molar refractivity (Wildman–Crippen MR) is 126 cm³/mol. The Morgan fingerprint density at radius 2 is 2.06 bits per heavy atom. The van der Waals surface area contributed by atoms with Crippen LogP contribution in [0.2, 0.25) is 0 Å². The summed E-state index contributed by atoms with van der Waals surface area (Å²) < 4.78 is 7.99. The van der Waals surface area contributed by atoms with Crippen LogP contribution in [0.4, 0.5) is 0 Å². The molecular weight excluding hydrogens is 388 g/mol. The van der Waals surface area contributed by atoms with E-state index < -0.39 is 0 Å². The third-order valence-electron chi connectivity index (χ3n) is 5.63. The van der Waals surface area contributed by atoms with Gasteiger partial charge < -0.3 is 15.4 Å². The molecule has 31 heavy (non-hydrogen) atoms. The van der Waals surface area contributed by atoms with Gasteiger partial charge in [-0.1, -0.05) is 26.8 Å². The van der Waals surface area contributed by atoms with Crippen molar-refractivity contribution in [1.29, 1.82) is 0 Å². The quantitative estimate of drug-likeness (QED) is 0.543. The Bertz CT molecular complexity index is 865. The van der Waals surface area contributed by atoms with Crippen LogP contribution in [0.25, 0.3) is 5.82 Å². The average molecular weight is 427 g/mol. The summed E-state index contributed by atoms with van der Waals surface area (Å²) in [5, 5.41) is 11.4. The standard InChI is InChI=1S/C24H38N6O/c1-7-25-23(28-16-20-9-8-12-31-22(20)24(4,5)6)27-15-19-10-11-21(26-14-19)30-18(3)13-17(2)29-30/h10-11,13-14,20,22H,7-9,12,15-16H2,1-6H3,(H2,25,27,28). The Morgan fingerprint density at radius 1 is 1.26 bits per heavy atom. The highest BCUT2D eigenvalue weighted by Gasteiger charge is 2.35. The van der Waals surface area contributed by atoms with Gasteiger partial charge in [0.15, 0.2) is 11.8 Å². The average Bonchev–Trinajstić information content (AvgIpc) is 3.08. The number of guanidine groups is 1. The van der Waals surface area contributed by atoms with E-state index >= 15 is 0 Å². The highest BCUT2D eigenvalue weighted by Crippen LogP contribution is 2.33. The predicted octanol–water partition coefficient (Wildman–Crippen LogP) is 3.78. The third-order valence-corrected chi connectivity index (χ3v) is 5.63. The lowest BCUT2D eigenvalue weighted by Crippen LogP contribution is -2.47. The Balaban J connectivity index is 1.62. The van der Waals surface area contributed by atoms with Crippen molar-refractivity contribution in [2.24, 2.45) is 16.3 Å². The molecule has 2 aromatic rings. The molecule has 1 aliphatic rings. The molecule has 2 atom stereocenters. The van der Waals surface area contributed by atoms with E-state index in [9.17, 15) is 0 Å². The van der Waals surface area contributed by atoms with Gasteiger partial charge in [-0.15, -0.1) is 0 Å². The topological polar surface area (TPSA) is 76.4 Å². The fourth-order valence-electron chi connectivity index (χ4n) is 4.25. The lowest BCUT2D eigenvalue weighted by Gasteiger charge is -2.40. The van der Waals surface area contributed by atoms with Gasteiger partial charge in [-0.3, -0.25) is 0 Å². The number of nitrogens with one attached hydrogen (secondary N) is 2. The molecule has 7 nitrogen and oxygen atoms in total. The van der Waals surface area contributed by atoms with E-state index in [1.807, 2.05) is 30.8 Å². The maximum Gasteiger partial charge on any atom is 0.191 e. The molecule has 0 saturated carbocycles. The molecule has 3 rings (SSSR count). The van der Waals surface area contributed by atoms with Crippen molar-refractivity contribution in [1.82, 2.24) is 25.4 Å². The Morgan fingerprint density at radius 3 is 2.68 bits per heavy atom. The fraction of sp³-hybridized carbons (Fsp3) is 0.625. The van der Waals surface area contributed by atoms with Crippen LogP contribution < -0.4 is 10.6 Å². The molecule has 0 aliphatic carbocycles. The van der Waals surface area contributed by atoms with Crippen molar-refractivity contribution >= 4 is 5.96 Å². The molecule has 0 aromatic carbocycles. The van der Waals surface area contributed by atoms with Gasteiger partial charge in [-0.2, -0.15) is 5.10 Å². The summed E-state index contributed by atoms with van der Waals surface area (Å²) >= 11 is 0. The summed E-state index contributed by atoms with van der Waals surface area (Å²) in [7, 11) is 0. The summed E-state index contributed by atoms with van der Waals surface area (Å²) in [5.41, 5.74) is 3.28. The number of rotatable bonds is 6. The fourth-order valence-corrected chi connectivity index (χ4v) is 4.25. The van der Waals surface area contributed by atoms with E-state index in [2.05, 4.69) is 60.5 Å². The number of aryl methyl sites for hydroxylation is 2. The largest absolute Gasteiger partial charge is 0.377 e. The van der Waals surface area contributed by atoms with Crippen LogP contribution in [-0.4, -0.2) is 46.5 Å². The summed E-state index contributed by atoms with van der Waals surface area (Å²) in [4.78, 5) is 9.35. The van der Waals surface area contributed by atoms with Crippen molar-refractivity contribution in [2.75, 3.05) is 19.7 Å². The van der Waals surface area contributed by atoms with Crippen LogP contribution in [-0.2, 0) is 11.3 Å². The molecule has 1 aliphatic heterocycles. The molecule has 0 bridgehead atoms. The maximum absolute atomic E-state index is 6.12. The number of hydrogen-bond acceptors (Lipinski definition) is 4. The van der Waals surface area contributed by atoms with E-state index in [4.69, 9.17) is 9.73 Å². The number of aromatic nitrogens is 3. The lowest BCUT2D eigenvalue weighted by atomic mass is 9.78. The van der Waals surface area contributed by atoms with E-state index in [0.717, 1.165) is 54.8 Å². The second-order valence-electron chi connectivity index (χ2n) is 9.50. The SMILES string of the molecule is CCNC(=NCc1ccc(-n2nc(C)cc2C)nc1)NCC1CCCOC1C(C)(C)C. The Hall–Kier alpha value is -2.41. The molecule has 0 spiro atoms. The number of nitrogens with zero attached hydrogens (tertiary/aromatic N) is 4. The van der Waals surface area contributed by atoms with Gasteiger partial charge in [0.05, 0.1) is 18.3 Å². The number of aliphatic imine (C=N–C) groups is 1. The number of hydrogen-bond donors (Lipinski definition) is 2. The first-order chi connectivity index (χ1) is 14.8. The summed E-state index contributed by atoms with van der Waals surface area (Å²) in [6.07, 6.45) is 4.46. The number of ether oxygens (including phenoxy) is 1. The molecule has 0 amide bonds. The normalized spacial score (nSPS) is 20.0. The van der Waals surface area contributed by atoms with Crippen LogP contribution in [0.5, 0.6) is 0 Å². The van der Waals surface area contributed by atoms with Crippen LogP contribution in [0.1, 0.15) is 57.5 Å².